The maximum Gasteiger partial charge on any atom is 0.240 e. The number of halogens is 1. The molecule has 4 rings (SSSR count). The van der Waals surface area contributed by atoms with Crippen LogP contribution in [0.2, 0.25) is 5.02 Å². The third-order valence-electron chi connectivity index (χ3n) is 6.18. The summed E-state index contributed by atoms with van der Waals surface area (Å²) in [7, 11) is -2.10. The van der Waals surface area contributed by atoms with Gasteiger partial charge in [-0.15, -0.1) is 0 Å². The number of nitrogens with one attached hydrogen (secondary N) is 2. The second kappa shape index (κ2) is 9.06. The molecule has 1 fully saturated rings. The van der Waals surface area contributed by atoms with Crippen molar-refractivity contribution in [2.45, 2.75) is 36.0 Å². The van der Waals surface area contributed by atoms with Gasteiger partial charge in [0.2, 0.25) is 15.9 Å². The van der Waals surface area contributed by atoms with Crippen LogP contribution in [-0.4, -0.2) is 21.4 Å². The van der Waals surface area contributed by atoms with E-state index in [0.717, 1.165) is 42.4 Å². The molecular weight excluding hydrogens is 444 g/mol. The van der Waals surface area contributed by atoms with E-state index in [4.69, 9.17) is 11.6 Å². The third kappa shape index (κ3) is 4.44. The molecule has 1 aliphatic carbocycles. The summed E-state index contributed by atoms with van der Waals surface area (Å²) in [6, 6.07) is 21.8. The molecule has 1 aliphatic rings. The van der Waals surface area contributed by atoms with Crippen molar-refractivity contribution in [2.24, 2.45) is 0 Å². The van der Waals surface area contributed by atoms with E-state index in [1.807, 2.05) is 48.5 Å². The molecule has 5 nitrogen and oxygen atoms in total. The van der Waals surface area contributed by atoms with Gasteiger partial charge in [-0.25, -0.2) is 13.1 Å². The number of amides is 1. The largest absolute Gasteiger partial charge is 0.325 e. The minimum absolute atomic E-state index is 0. The van der Waals surface area contributed by atoms with Gasteiger partial charge in [-0.1, -0.05) is 60.8 Å². The molecular formula is C25H27ClN2O3S. The van der Waals surface area contributed by atoms with E-state index in [0.29, 0.717) is 10.7 Å². The number of sulfonamides is 1. The molecule has 0 radical (unpaired) electrons. The van der Waals surface area contributed by atoms with Crippen molar-refractivity contribution < 1.29 is 14.6 Å². The van der Waals surface area contributed by atoms with Gasteiger partial charge in [-0.2, -0.15) is 0 Å². The molecule has 0 aliphatic heterocycles. The predicted molar refractivity (Wildman–Crippen MR) is 130 cm³/mol. The van der Waals surface area contributed by atoms with Crippen LogP contribution in [0.5, 0.6) is 0 Å². The summed E-state index contributed by atoms with van der Waals surface area (Å²) < 4.78 is 26.2. The SMILES string of the molecule is CNS(=O)(=O)c1ccc(-c2cccc(NC(=O)C3(c4ccc(Cl)cc4)CCCC3)c2)cc1.[HH]. The van der Waals surface area contributed by atoms with Gasteiger partial charge in [0.25, 0.3) is 0 Å². The molecule has 2 N–H and O–H groups in total. The zero-order valence-electron chi connectivity index (χ0n) is 17.8. The smallest absolute Gasteiger partial charge is 0.240 e. The molecule has 7 heteroatoms. The van der Waals surface area contributed by atoms with Crippen molar-refractivity contribution in [1.82, 2.24) is 4.72 Å². The fourth-order valence-corrected chi connectivity index (χ4v) is 5.22. The number of hydrogen-bond acceptors (Lipinski definition) is 3. The Bertz CT molecular complexity index is 1220. The van der Waals surface area contributed by atoms with Crippen LogP contribution in [0.15, 0.2) is 77.7 Å². The van der Waals surface area contributed by atoms with E-state index in [1.165, 1.54) is 7.05 Å². The van der Waals surface area contributed by atoms with Crippen LogP contribution in [0.25, 0.3) is 11.1 Å². The Morgan fingerprint density at radius 2 is 1.59 bits per heavy atom. The highest BCUT2D eigenvalue weighted by atomic mass is 35.5. The van der Waals surface area contributed by atoms with Gasteiger partial charge in [0.15, 0.2) is 0 Å². The van der Waals surface area contributed by atoms with Crippen molar-refractivity contribution in [1.29, 1.82) is 0 Å². The van der Waals surface area contributed by atoms with Crippen LogP contribution < -0.4 is 10.0 Å². The van der Waals surface area contributed by atoms with E-state index >= 15 is 0 Å². The van der Waals surface area contributed by atoms with Crippen LogP contribution >= 0.6 is 11.6 Å². The molecule has 0 atom stereocenters. The Morgan fingerprint density at radius 1 is 0.938 bits per heavy atom. The Kier molecular flexibility index (Phi) is 6.38. The number of carbonyl (C=O) groups is 1. The summed E-state index contributed by atoms with van der Waals surface area (Å²) >= 11 is 6.05. The molecule has 1 amide bonds. The van der Waals surface area contributed by atoms with E-state index in [-0.39, 0.29) is 12.2 Å². The molecule has 3 aromatic rings. The van der Waals surface area contributed by atoms with Gasteiger partial charge in [0.05, 0.1) is 10.3 Å². The van der Waals surface area contributed by atoms with Crippen molar-refractivity contribution >= 4 is 33.2 Å². The second-order valence-corrected chi connectivity index (χ2v) is 10.4. The highest BCUT2D eigenvalue weighted by molar-refractivity contribution is 7.89. The lowest BCUT2D eigenvalue weighted by atomic mass is 9.78. The zero-order chi connectivity index (χ0) is 22.8. The molecule has 0 saturated heterocycles. The summed E-state index contributed by atoms with van der Waals surface area (Å²) in [5.41, 5.74) is 2.91. The first-order chi connectivity index (χ1) is 15.3. The van der Waals surface area contributed by atoms with Crippen LogP contribution in [0, 0.1) is 0 Å². The van der Waals surface area contributed by atoms with Gasteiger partial charge in [0.1, 0.15) is 0 Å². The first-order valence-corrected chi connectivity index (χ1v) is 12.4. The van der Waals surface area contributed by atoms with Crippen molar-refractivity contribution in [3.63, 3.8) is 0 Å². The normalized spacial score (nSPS) is 15.4. The van der Waals surface area contributed by atoms with Crippen LogP contribution in [-0.2, 0) is 20.2 Å². The summed E-state index contributed by atoms with van der Waals surface area (Å²) in [5.74, 6) is -0.00932. The molecule has 0 aromatic heterocycles. The standard InChI is InChI=1S/C25H25ClN2O3S.H2/c1-27-32(30,31)23-13-7-18(8-14-23)19-5-4-6-22(17-19)28-24(29)25(15-2-3-16-25)20-9-11-21(26)12-10-20;/h4-14,17,27H,2-3,15-16H2,1H3,(H,28,29);1H. The van der Waals surface area contributed by atoms with Crippen molar-refractivity contribution in [3.8, 4) is 11.1 Å². The maximum absolute atomic E-state index is 13.4. The van der Waals surface area contributed by atoms with Crippen molar-refractivity contribution in [3.05, 3.63) is 83.4 Å². The average molecular weight is 471 g/mol. The fourth-order valence-electron chi connectivity index (χ4n) is 4.37. The molecule has 0 bridgehead atoms. The van der Waals surface area contributed by atoms with Gasteiger partial charge < -0.3 is 5.32 Å². The molecule has 0 heterocycles. The third-order valence-corrected chi connectivity index (χ3v) is 7.86. The lowest BCUT2D eigenvalue weighted by molar-refractivity contribution is -0.121. The summed E-state index contributed by atoms with van der Waals surface area (Å²) in [4.78, 5) is 13.6. The highest BCUT2D eigenvalue weighted by Crippen LogP contribution is 2.42. The number of carbonyl (C=O) groups excluding carboxylic acids is 1. The molecule has 3 aromatic carbocycles. The first kappa shape index (κ1) is 22.5. The Hall–Kier alpha value is -2.67. The molecule has 168 valence electrons. The molecule has 32 heavy (non-hydrogen) atoms. The Balaban J connectivity index is 0.00000306. The van der Waals surface area contributed by atoms with Crippen molar-refractivity contribution in [2.75, 3.05) is 12.4 Å². The van der Waals surface area contributed by atoms with Crippen LogP contribution in [0.3, 0.4) is 0 Å². The first-order valence-electron chi connectivity index (χ1n) is 10.6. The van der Waals surface area contributed by atoms with E-state index in [2.05, 4.69) is 10.0 Å². The number of rotatable bonds is 6. The molecule has 0 spiro atoms. The summed E-state index contributed by atoms with van der Waals surface area (Å²) in [5, 5.41) is 3.77. The Morgan fingerprint density at radius 3 is 2.22 bits per heavy atom. The number of anilines is 1. The fraction of sp³-hybridized carbons (Fsp3) is 0.240. The van der Waals surface area contributed by atoms with E-state index in [1.54, 1.807) is 24.3 Å². The van der Waals surface area contributed by atoms with Crippen LogP contribution in [0.1, 0.15) is 32.7 Å². The number of hydrogen-bond donors (Lipinski definition) is 2. The van der Waals surface area contributed by atoms with Gasteiger partial charge in [-0.05, 0) is 73.0 Å². The lowest BCUT2D eigenvalue weighted by Crippen LogP contribution is -2.37. The summed E-state index contributed by atoms with van der Waals surface area (Å²) in [6.45, 7) is 0. The van der Waals surface area contributed by atoms with Gasteiger partial charge >= 0.3 is 0 Å². The molecule has 1 saturated carbocycles. The second-order valence-electron chi connectivity index (χ2n) is 8.06. The zero-order valence-corrected chi connectivity index (χ0v) is 19.3. The van der Waals surface area contributed by atoms with E-state index < -0.39 is 15.4 Å². The molecule has 0 unspecified atom stereocenters. The minimum Gasteiger partial charge on any atom is -0.325 e. The monoisotopic (exact) mass is 470 g/mol. The minimum atomic E-state index is -3.48. The quantitative estimate of drug-likeness (QED) is 0.491. The highest BCUT2D eigenvalue weighted by Gasteiger charge is 2.42. The van der Waals surface area contributed by atoms with E-state index in [9.17, 15) is 13.2 Å². The van der Waals surface area contributed by atoms with Gasteiger partial charge in [-0.3, -0.25) is 4.79 Å². The average Bonchev–Trinajstić information content (AvgIpc) is 3.31. The lowest BCUT2D eigenvalue weighted by Gasteiger charge is -2.28. The predicted octanol–water partition coefficient (Wildman–Crippen LogP) is 5.61. The Labute approximate surface area is 195 Å². The van der Waals surface area contributed by atoms with Crippen LogP contribution in [0.4, 0.5) is 5.69 Å². The van der Waals surface area contributed by atoms with Gasteiger partial charge in [0, 0.05) is 12.1 Å². The topological polar surface area (TPSA) is 75.3 Å². The summed E-state index contributed by atoms with van der Waals surface area (Å²) in [6.07, 6.45) is 3.64. The number of benzene rings is 3. The maximum atomic E-state index is 13.4.